The Labute approximate surface area is 173 Å². The number of carbonyl (C=O) groups is 1. The van der Waals surface area contributed by atoms with Gasteiger partial charge in [0.25, 0.3) is 0 Å². The first kappa shape index (κ1) is 21.2. The quantitative estimate of drug-likeness (QED) is 0.668. The number of aryl methyl sites for hydroxylation is 3. The highest BCUT2D eigenvalue weighted by Gasteiger charge is 2.32. The lowest BCUT2D eigenvalue weighted by atomic mass is 9.82. The number of benzene rings is 1. The van der Waals surface area contributed by atoms with Gasteiger partial charge in [-0.25, -0.2) is 0 Å². The fraction of sp³-hybridized carbons (Fsp3) is 0.500. The van der Waals surface area contributed by atoms with Crippen molar-refractivity contribution >= 4 is 16.8 Å². The molecule has 0 aliphatic rings. The second kappa shape index (κ2) is 7.05. The normalized spacial score (nSPS) is 12.6. The van der Waals surface area contributed by atoms with Gasteiger partial charge in [0.15, 0.2) is 0 Å². The molecule has 0 aliphatic heterocycles. The number of nitrogens with zero attached hydrogens (tertiary/aromatic N) is 2. The molecule has 1 aromatic carbocycles. The van der Waals surface area contributed by atoms with Crippen LogP contribution in [0.2, 0.25) is 0 Å². The van der Waals surface area contributed by atoms with E-state index in [1.807, 2.05) is 48.5 Å². The zero-order valence-electron chi connectivity index (χ0n) is 19.2. The molecule has 0 saturated carbocycles. The number of fused-ring (bicyclic) bond motifs is 1. The van der Waals surface area contributed by atoms with E-state index in [-0.39, 0.29) is 11.4 Å². The van der Waals surface area contributed by atoms with Crippen LogP contribution in [0.3, 0.4) is 0 Å². The molecule has 156 valence electrons. The zero-order chi connectivity index (χ0) is 21.7. The predicted molar refractivity (Wildman–Crippen MR) is 117 cm³/mol. The summed E-state index contributed by atoms with van der Waals surface area (Å²) in [6.07, 6.45) is 0. The van der Waals surface area contributed by atoms with Crippen molar-refractivity contribution in [2.24, 2.45) is 0 Å². The third-order valence-corrected chi connectivity index (χ3v) is 5.91. The second-order valence-corrected chi connectivity index (χ2v) is 9.66. The SMILES string of the molecule is Cc1noc(C)c1Cn1c(C)c(C)c2cc(C(C)(C)C(=O)NC(C)(C)C)ccc21. The molecule has 0 aliphatic carbocycles. The maximum atomic E-state index is 12.9. The Morgan fingerprint density at radius 3 is 2.31 bits per heavy atom. The van der Waals surface area contributed by atoms with E-state index in [4.69, 9.17) is 4.52 Å². The van der Waals surface area contributed by atoms with Gasteiger partial charge in [-0.15, -0.1) is 0 Å². The molecular weight excluding hydrogens is 362 g/mol. The Morgan fingerprint density at radius 1 is 1.10 bits per heavy atom. The van der Waals surface area contributed by atoms with Gasteiger partial charge in [0.1, 0.15) is 5.76 Å². The van der Waals surface area contributed by atoms with Crippen LogP contribution in [0.4, 0.5) is 0 Å². The number of rotatable bonds is 4. The van der Waals surface area contributed by atoms with Crippen LogP contribution in [0.1, 0.15) is 68.5 Å². The molecule has 29 heavy (non-hydrogen) atoms. The van der Waals surface area contributed by atoms with Crippen molar-refractivity contribution in [2.75, 3.05) is 0 Å². The molecular formula is C24H33N3O2. The number of hydrogen-bond acceptors (Lipinski definition) is 3. The van der Waals surface area contributed by atoms with E-state index in [0.29, 0.717) is 0 Å². The monoisotopic (exact) mass is 395 g/mol. The van der Waals surface area contributed by atoms with Gasteiger partial charge in [0.2, 0.25) is 5.91 Å². The smallest absolute Gasteiger partial charge is 0.230 e. The summed E-state index contributed by atoms with van der Waals surface area (Å²) in [5, 5.41) is 8.39. The highest BCUT2D eigenvalue weighted by molar-refractivity contribution is 5.91. The first-order chi connectivity index (χ1) is 13.3. The third-order valence-electron chi connectivity index (χ3n) is 5.91. The average molecular weight is 396 g/mol. The molecule has 3 aromatic rings. The Balaban J connectivity index is 2.06. The minimum atomic E-state index is -0.619. The van der Waals surface area contributed by atoms with Gasteiger partial charge in [-0.2, -0.15) is 0 Å². The highest BCUT2D eigenvalue weighted by atomic mass is 16.5. The van der Waals surface area contributed by atoms with Crippen LogP contribution >= 0.6 is 0 Å². The average Bonchev–Trinajstić information content (AvgIpc) is 3.06. The lowest BCUT2D eigenvalue weighted by molar-refractivity contribution is -0.127. The van der Waals surface area contributed by atoms with Gasteiger partial charge < -0.3 is 14.4 Å². The summed E-state index contributed by atoms with van der Waals surface area (Å²) >= 11 is 0. The lowest BCUT2D eigenvalue weighted by Gasteiger charge is -2.30. The maximum absolute atomic E-state index is 12.9. The lowest BCUT2D eigenvalue weighted by Crippen LogP contribution is -2.48. The Morgan fingerprint density at radius 2 is 1.76 bits per heavy atom. The summed E-state index contributed by atoms with van der Waals surface area (Å²) in [5.41, 5.74) is 5.81. The van der Waals surface area contributed by atoms with E-state index in [2.05, 4.69) is 47.1 Å². The molecule has 0 atom stereocenters. The van der Waals surface area contributed by atoms with Crippen molar-refractivity contribution in [1.29, 1.82) is 0 Å². The van der Waals surface area contributed by atoms with E-state index in [1.54, 1.807) is 0 Å². The van der Waals surface area contributed by atoms with Crippen LogP contribution in [0.5, 0.6) is 0 Å². The number of nitrogens with one attached hydrogen (secondary N) is 1. The van der Waals surface area contributed by atoms with Crippen LogP contribution in [0.15, 0.2) is 22.7 Å². The minimum Gasteiger partial charge on any atom is -0.361 e. The van der Waals surface area contributed by atoms with Crippen molar-refractivity contribution in [3.8, 4) is 0 Å². The molecule has 5 heteroatoms. The first-order valence-corrected chi connectivity index (χ1v) is 10.2. The molecule has 0 fully saturated rings. The Kier molecular flexibility index (Phi) is 5.14. The summed E-state index contributed by atoms with van der Waals surface area (Å²) in [6, 6.07) is 6.38. The highest BCUT2D eigenvalue weighted by Crippen LogP contribution is 2.32. The Hall–Kier alpha value is -2.56. The summed E-state index contributed by atoms with van der Waals surface area (Å²) in [4.78, 5) is 12.9. The maximum Gasteiger partial charge on any atom is 0.230 e. The molecule has 0 spiro atoms. The summed E-state index contributed by atoms with van der Waals surface area (Å²) in [7, 11) is 0. The number of amides is 1. The van der Waals surface area contributed by atoms with E-state index < -0.39 is 5.41 Å². The first-order valence-electron chi connectivity index (χ1n) is 10.2. The molecule has 3 rings (SSSR count). The topological polar surface area (TPSA) is 60.1 Å². The van der Waals surface area contributed by atoms with Gasteiger partial charge in [-0.3, -0.25) is 4.79 Å². The third kappa shape index (κ3) is 3.83. The van der Waals surface area contributed by atoms with Gasteiger partial charge in [0.05, 0.1) is 17.7 Å². The molecule has 0 bridgehead atoms. The molecule has 5 nitrogen and oxygen atoms in total. The number of carbonyl (C=O) groups excluding carboxylic acids is 1. The van der Waals surface area contributed by atoms with Gasteiger partial charge in [-0.1, -0.05) is 11.2 Å². The van der Waals surface area contributed by atoms with E-state index in [0.717, 1.165) is 34.6 Å². The zero-order valence-corrected chi connectivity index (χ0v) is 19.2. The van der Waals surface area contributed by atoms with E-state index >= 15 is 0 Å². The number of hydrogen-bond donors (Lipinski definition) is 1. The second-order valence-electron chi connectivity index (χ2n) is 9.66. The van der Waals surface area contributed by atoms with Crippen molar-refractivity contribution in [1.82, 2.24) is 15.0 Å². The van der Waals surface area contributed by atoms with Crippen LogP contribution in [-0.4, -0.2) is 21.2 Å². The minimum absolute atomic E-state index is 0.0360. The fourth-order valence-electron chi connectivity index (χ4n) is 3.76. The van der Waals surface area contributed by atoms with Crippen LogP contribution in [0, 0.1) is 27.7 Å². The van der Waals surface area contributed by atoms with E-state index in [9.17, 15) is 4.79 Å². The molecule has 0 saturated heterocycles. The molecule has 2 aromatic heterocycles. The molecule has 0 unspecified atom stereocenters. The molecule has 2 heterocycles. The van der Waals surface area contributed by atoms with E-state index in [1.165, 1.54) is 16.6 Å². The van der Waals surface area contributed by atoms with Crippen molar-refractivity contribution < 1.29 is 9.32 Å². The predicted octanol–water partition coefficient (Wildman–Crippen LogP) is 5.10. The largest absolute Gasteiger partial charge is 0.361 e. The summed E-state index contributed by atoms with van der Waals surface area (Å²) in [6.45, 7) is 18.9. The van der Waals surface area contributed by atoms with Crippen molar-refractivity contribution in [3.63, 3.8) is 0 Å². The summed E-state index contributed by atoms with van der Waals surface area (Å²) < 4.78 is 7.66. The van der Waals surface area contributed by atoms with Crippen LogP contribution in [0.25, 0.3) is 10.9 Å². The van der Waals surface area contributed by atoms with Gasteiger partial charge in [-0.05, 0) is 85.6 Å². The Bertz CT molecular complexity index is 1060. The van der Waals surface area contributed by atoms with Crippen LogP contribution < -0.4 is 5.32 Å². The van der Waals surface area contributed by atoms with Gasteiger partial charge >= 0.3 is 0 Å². The number of aromatic nitrogens is 2. The molecule has 0 radical (unpaired) electrons. The summed E-state index contributed by atoms with van der Waals surface area (Å²) in [5.74, 6) is 0.895. The fourth-order valence-corrected chi connectivity index (χ4v) is 3.76. The molecule has 1 N–H and O–H groups in total. The molecule has 1 amide bonds. The standard InChI is InChI=1S/C24H33N3O2/c1-14-16(3)27(13-20-15(2)26-29-17(20)4)21-11-10-18(12-19(14)21)24(8,9)22(28)25-23(5,6)7/h10-12H,13H2,1-9H3,(H,25,28). The van der Waals surface area contributed by atoms with Crippen molar-refractivity contribution in [3.05, 3.63) is 52.0 Å². The van der Waals surface area contributed by atoms with Crippen LogP contribution in [-0.2, 0) is 16.8 Å². The van der Waals surface area contributed by atoms with Gasteiger partial charge in [0, 0.05) is 27.7 Å². The van der Waals surface area contributed by atoms with Crippen molar-refractivity contribution in [2.45, 2.75) is 79.8 Å².